The summed E-state index contributed by atoms with van der Waals surface area (Å²) in [5, 5.41) is 50.1. The first-order valence-corrected chi connectivity index (χ1v) is 28.2. The first-order valence-electron chi connectivity index (χ1n) is 28.2. The number of anilines is 1. The second kappa shape index (κ2) is 24.5. The molecular weight excluding hydrogens is 1110 g/mol. The Balaban J connectivity index is 0.957. The Hall–Kier alpha value is -8.13. The van der Waals surface area contributed by atoms with Crippen LogP contribution in [0.15, 0.2) is 64.6 Å². The van der Waals surface area contributed by atoms with Crippen molar-refractivity contribution in [1.29, 1.82) is 0 Å². The van der Waals surface area contributed by atoms with Crippen molar-refractivity contribution >= 4 is 57.8 Å². The number of hydrogen-bond acceptors (Lipinski definition) is 19. The number of pyridine rings is 1. The summed E-state index contributed by atoms with van der Waals surface area (Å²) in [6.07, 6.45) is 3.87. The number of aliphatic hydroxyl groups excluding tert-OH is 2. The minimum Gasteiger partial charge on any atom is -0.507 e. The number of phenols is 1. The molecule has 2 aliphatic carbocycles. The van der Waals surface area contributed by atoms with E-state index in [9.17, 15) is 58.8 Å². The van der Waals surface area contributed by atoms with Crippen LogP contribution in [0.3, 0.4) is 0 Å². The maximum absolute atomic E-state index is 16.1. The van der Waals surface area contributed by atoms with Crippen molar-refractivity contribution in [2.45, 2.75) is 97.6 Å². The molecule has 5 aliphatic heterocycles. The summed E-state index contributed by atoms with van der Waals surface area (Å²) in [5.74, 6) is -12.6. The average Bonchev–Trinajstić information content (AvgIpc) is 1.79. The highest BCUT2D eigenvalue weighted by Gasteiger charge is 2.53. The normalized spacial score (nSPS) is 28.3. The van der Waals surface area contributed by atoms with Gasteiger partial charge in [-0.2, -0.15) is 0 Å². The largest absolute Gasteiger partial charge is 0.507 e. The number of carbonyl (C=O) groups is 7. The number of hydrogen-bond donors (Lipinski definition) is 6. The molecule has 7 aliphatic rings. The number of phenolic OH excluding ortho intramolecular Hbond substituents is 1. The maximum Gasteiger partial charge on any atom is 0.407 e. The number of nitrogens with one attached hydrogen (secondary N) is 2. The van der Waals surface area contributed by atoms with Crippen molar-refractivity contribution in [3.8, 4) is 17.2 Å². The lowest BCUT2D eigenvalue weighted by Crippen LogP contribution is -2.52. The van der Waals surface area contributed by atoms with Gasteiger partial charge in [0.2, 0.25) is 22.9 Å². The predicted octanol–water partition coefficient (Wildman–Crippen LogP) is 4.30. The van der Waals surface area contributed by atoms with Crippen LogP contribution >= 0.6 is 0 Å². The second-order valence-electron chi connectivity index (χ2n) is 22.6. The minimum atomic E-state index is -2.20. The lowest BCUT2D eigenvalue weighted by molar-refractivity contribution is -0.130. The SMILES string of the molecule is COc1c(N2CCN(C(=O)CNC(=O)O[C@H]3[C@H](C)[C@H](O)[C@H](C)[C@@H](O)[C@@H](C)/C=C/C=C(/C)C(=O)NC4=C(N5CCOCC5)C(=O)c5c(c(O)c(C)c6c5C(=O)[C@@](C)(O/C=C/[C@H](OC)[C@H]3C)O6)C4=O)CC2)c(F)cc2c(=O)c(C(=O)O)cn(C3CC3)c12. The molecule has 5 bridgehead atoms. The zero-order valence-corrected chi connectivity index (χ0v) is 48.7. The number of carboxylic acids is 1. The molecule has 10 rings (SSSR count). The van der Waals surface area contributed by atoms with Gasteiger partial charge in [0.15, 0.2) is 11.6 Å². The van der Waals surface area contributed by atoms with Crippen molar-refractivity contribution in [3.63, 3.8) is 0 Å². The molecule has 85 heavy (non-hydrogen) atoms. The first-order chi connectivity index (χ1) is 40.3. The number of nitrogens with zero attached hydrogens (tertiary/aromatic N) is 4. The van der Waals surface area contributed by atoms with E-state index in [1.54, 1.807) is 48.1 Å². The zero-order chi connectivity index (χ0) is 61.7. The Kier molecular flexibility index (Phi) is 17.7. The Bertz CT molecular complexity index is 3450. The summed E-state index contributed by atoms with van der Waals surface area (Å²) >= 11 is 0. The molecule has 24 nitrogen and oxygen atoms in total. The van der Waals surface area contributed by atoms with Crippen molar-refractivity contribution in [2.24, 2.45) is 23.7 Å². The van der Waals surface area contributed by atoms with Gasteiger partial charge in [-0.25, -0.2) is 14.0 Å². The van der Waals surface area contributed by atoms with E-state index in [1.165, 1.54) is 64.3 Å². The minimum absolute atomic E-state index is 0.0411. The molecule has 6 N–H and O–H groups in total. The molecule has 1 saturated carbocycles. The van der Waals surface area contributed by atoms with Crippen LogP contribution in [0.25, 0.3) is 10.9 Å². The fourth-order valence-electron chi connectivity index (χ4n) is 11.9. The molecule has 25 heteroatoms. The van der Waals surface area contributed by atoms with Crippen molar-refractivity contribution in [1.82, 2.24) is 25.0 Å². The monoisotopic (exact) mass is 1180 g/mol. The maximum atomic E-state index is 16.1. The van der Waals surface area contributed by atoms with E-state index in [2.05, 4.69) is 10.6 Å². The summed E-state index contributed by atoms with van der Waals surface area (Å²) in [6.45, 7) is 11.2. The summed E-state index contributed by atoms with van der Waals surface area (Å²) in [6, 6.07) is 0.905. The average molecular weight is 1180 g/mol. The molecule has 9 atom stereocenters. The van der Waals surface area contributed by atoms with Gasteiger partial charge in [-0.05, 0) is 38.8 Å². The number of aromatic carboxylic acids is 1. The highest BCUT2D eigenvalue weighted by Crippen LogP contribution is 2.49. The van der Waals surface area contributed by atoms with Gasteiger partial charge in [0, 0.05) is 100 Å². The van der Waals surface area contributed by atoms with Crippen LogP contribution < -0.4 is 30.4 Å². The molecule has 3 fully saturated rings. The number of piperazine rings is 1. The van der Waals surface area contributed by atoms with E-state index in [4.69, 9.17) is 28.4 Å². The smallest absolute Gasteiger partial charge is 0.407 e. The number of aliphatic hydroxyl groups is 2. The van der Waals surface area contributed by atoms with Crippen molar-refractivity contribution in [3.05, 3.63) is 104 Å². The third-order valence-electron chi connectivity index (χ3n) is 17.1. The zero-order valence-electron chi connectivity index (χ0n) is 48.7. The molecule has 6 heterocycles. The molecule has 456 valence electrons. The van der Waals surface area contributed by atoms with Gasteiger partial charge in [-0.3, -0.25) is 28.8 Å². The number of alkyl carbamates (subject to hydrolysis) is 1. The van der Waals surface area contributed by atoms with E-state index in [0.29, 0.717) is 0 Å². The van der Waals surface area contributed by atoms with Crippen LogP contribution in [-0.4, -0.2) is 179 Å². The van der Waals surface area contributed by atoms with Crippen LogP contribution in [0.1, 0.15) is 107 Å². The first kappa shape index (κ1) is 61.4. The summed E-state index contributed by atoms with van der Waals surface area (Å²) in [5.41, 5.74) is -2.92. The van der Waals surface area contributed by atoms with Gasteiger partial charge in [0.1, 0.15) is 46.8 Å². The standard InChI is InChI=1S/C60H71FN6O18/c1-28-11-10-12-29(2)57(76)63-43-46(66-20-23-82-24-21-66)52(74)40-41(51(43)73)49(71)33(6)54-42(40)56(75)60(7,85-54)83-22-15-38(80-8)30(3)53(32(5)48(70)31(4)47(28)69)84-59(79)62-26-39(68)64-16-18-65(19-17-64)45-37(61)25-35-44(55(45)81-9)67(34-13-14-34)27-36(50(35)72)58(77)78/h10-12,15,22,25,27-28,30-32,34,38,47-48,53,69-71H,13-14,16-21,23-24,26H2,1-9H3,(H,62,79)(H,63,76)(H,77,78)/b11-10+,22-15+,29-12-/t28-,30+,31+,32+,38-,47-,48+,53+,60-/m0/s1. The number of ketones is 3. The number of amides is 3. The number of halogens is 1. The number of aromatic hydroxyl groups is 1. The van der Waals surface area contributed by atoms with E-state index < -0.39 is 141 Å². The molecular formula is C60H71FN6O18. The number of morpholine rings is 1. The van der Waals surface area contributed by atoms with Crippen LogP contribution in [0.5, 0.6) is 17.2 Å². The number of methoxy groups -OCH3 is 2. The number of benzene rings is 2. The van der Waals surface area contributed by atoms with Crippen LogP contribution in [0, 0.1) is 36.4 Å². The molecule has 3 amide bonds. The van der Waals surface area contributed by atoms with Gasteiger partial charge in [0.25, 0.3) is 11.7 Å². The number of fused-ring (bicyclic) bond motifs is 15. The predicted molar refractivity (Wildman–Crippen MR) is 302 cm³/mol. The van der Waals surface area contributed by atoms with Crippen LogP contribution in [0.2, 0.25) is 0 Å². The molecule has 3 aromatic rings. The summed E-state index contributed by atoms with van der Waals surface area (Å²) < 4.78 is 53.1. The van der Waals surface area contributed by atoms with Gasteiger partial charge < -0.3 is 78.7 Å². The van der Waals surface area contributed by atoms with Gasteiger partial charge in [-0.1, -0.05) is 45.9 Å². The molecule has 2 saturated heterocycles. The van der Waals surface area contributed by atoms with Crippen LogP contribution in [0.4, 0.5) is 14.9 Å². The fraction of sp³-hybridized carbons (Fsp3) is 0.500. The van der Waals surface area contributed by atoms with Gasteiger partial charge in [0.05, 0.1) is 72.5 Å². The van der Waals surface area contributed by atoms with E-state index in [-0.39, 0.29) is 109 Å². The third kappa shape index (κ3) is 11.5. The number of rotatable bonds is 9. The van der Waals surface area contributed by atoms with Gasteiger partial charge in [-0.15, -0.1) is 0 Å². The number of Topliss-reactive ketones (excluding diaryl/α,β-unsaturated/α-hetero) is 3. The molecule has 1 aromatic heterocycles. The third-order valence-corrected chi connectivity index (χ3v) is 17.1. The summed E-state index contributed by atoms with van der Waals surface area (Å²) in [4.78, 5) is 116. The Labute approximate surface area is 488 Å². The molecule has 0 radical (unpaired) electrons. The number of allylic oxidation sites excluding steroid dienone is 4. The van der Waals surface area contributed by atoms with E-state index >= 15 is 4.39 Å². The highest BCUT2D eigenvalue weighted by molar-refractivity contribution is 6.32. The lowest BCUT2D eigenvalue weighted by atomic mass is 9.78. The van der Waals surface area contributed by atoms with E-state index in [0.717, 1.165) is 25.2 Å². The second-order valence-corrected chi connectivity index (χ2v) is 22.6. The van der Waals surface area contributed by atoms with Gasteiger partial charge >= 0.3 is 17.8 Å². The Morgan fingerprint density at radius 3 is 2.19 bits per heavy atom. The number of ether oxygens (including phenoxy) is 6. The quantitative estimate of drug-likeness (QED) is 0.174. The topological polar surface area (TPSA) is 312 Å². The van der Waals surface area contributed by atoms with Crippen molar-refractivity contribution in [2.75, 3.05) is 78.1 Å². The fourth-order valence-corrected chi connectivity index (χ4v) is 11.9. The number of aromatic nitrogens is 1. The summed E-state index contributed by atoms with van der Waals surface area (Å²) in [7, 11) is 2.69. The molecule has 0 spiro atoms. The molecule has 2 aromatic carbocycles. The van der Waals surface area contributed by atoms with E-state index in [1.807, 2.05) is 0 Å². The number of carboxylic acid groups (broad SMARTS) is 1. The Morgan fingerprint density at radius 1 is 0.871 bits per heavy atom. The highest BCUT2D eigenvalue weighted by atomic mass is 19.1. The Morgan fingerprint density at radius 2 is 1.55 bits per heavy atom. The van der Waals surface area contributed by atoms with Crippen molar-refractivity contribution < 1.29 is 86.8 Å². The lowest BCUT2D eigenvalue weighted by Gasteiger charge is -2.38. The van der Waals surface area contributed by atoms with Crippen LogP contribution in [-0.2, 0) is 28.5 Å². The molecule has 0 unspecified atom stereocenters. The number of carbonyl (C=O) groups excluding carboxylic acids is 6.